The van der Waals surface area contributed by atoms with Crippen LogP contribution in [0.3, 0.4) is 0 Å². The van der Waals surface area contributed by atoms with E-state index < -0.39 is 5.54 Å². The summed E-state index contributed by atoms with van der Waals surface area (Å²) in [5, 5.41) is 4.07. The van der Waals surface area contributed by atoms with Gasteiger partial charge in [0.1, 0.15) is 5.56 Å². The molecule has 3 rings (SSSR count). The summed E-state index contributed by atoms with van der Waals surface area (Å²) in [6.45, 7) is 0. The number of pyridine rings is 1. The van der Waals surface area contributed by atoms with Gasteiger partial charge in [0.25, 0.3) is 5.89 Å². The van der Waals surface area contributed by atoms with Gasteiger partial charge in [-0.05, 0) is 25.0 Å². The predicted octanol–water partition coefficient (Wildman–Crippen LogP) is 2.26. The van der Waals surface area contributed by atoms with Gasteiger partial charge in [0.2, 0.25) is 5.88 Å². The molecule has 2 heterocycles. The van der Waals surface area contributed by atoms with Crippen molar-refractivity contribution in [2.75, 3.05) is 7.11 Å². The molecule has 2 aromatic rings. The third kappa shape index (κ3) is 2.27. The van der Waals surface area contributed by atoms with Crippen molar-refractivity contribution in [3.8, 4) is 17.3 Å². The number of nitrogens with two attached hydrogens (primary N) is 1. The van der Waals surface area contributed by atoms with Crippen molar-refractivity contribution < 1.29 is 9.26 Å². The van der Waals surface area contributed by atoms with Crippen LogP contribution >= 0.6 is 0 Å². The lowest BCUT2D eigenvalue weighted by atomic mass is 9.82. The maximum absolute atomic E-state index is 6.41. The minimum absolute atomic E-state index is 0.403. The Balaban J connectivity index is 1.94. The summed E-state index contributed by atoms with van der Waals surface area (Å²) < 4.78 is 10.6. The molecule has 1 saturated carbocycles. The van der Waals surface area contributed by atoms with Gasteiger partial charge in [0.05, 0.1) is 12.6 Å². The van der Waals surface area contributed by atoms with Gasteiger partial charge in [0.15, 0.2) is 5.82 Å². The quantitative estimate of drug-likeness (QED) is 0.923. The lowest BCUT2D eigenvalue weighted by molar-refractivity contribution is 0.275. The minimum atomic E-state index is -0.463. The van der Waals surface area contributed by atoms with Crippen LogP contribution in [0.1, 0.15) is 37.9 Å². The van der Waals surface area contributed by atoms with Crippen LogP contribution in [-0.4, -0.2) is 22.2 Å². The monoisotopic (exact) mass is 274 g/mol. The molecule has 2 N–H and O–H groups in total. The van der Waals surface area contributed by atoms with E-state index in [9.17, 15) is 0 Å². The Kier molecular flexibility index (Phi) is 3.40. The molecule has 1 aliphatic carbocycles. The van der Waals surface area contributed by atoms with Gasteiger partial charge in [-0.1, -0.05) is 24.4 Å². The first-order valence-electron chi connectivity index (χ1n) is 6.85. The van der Waals surface area contributed by atoms with E-state index >= 15 is 0 Å². The Morgan fingerprint density at radius 1 is 1.30 bits per heavy atom. The van der Waals surface area contributed by atoms with Crippen molar-refractivity contribution in [2.45, 2.75) is 37.6 Å². The van der Waals surface area contributed by atoms with Crippen molar-refractivity contribution in [3.63, 3.8) is 0 Å². The molecule has 0 spiro atoms. The van der Waals surface area contributed by atoms with E-state index in [-0.39, 0.29) is 0 Å². The highest BCUT2D eigenvalue weighted by atomic mass is 16.5. The molecule has 0 radical (unpaired) electrons. The first kappa shape index (κ1) is 13.1. The molecule has 6 heteroatoms. The third-order valence-corrected chi connectivity index (χ3v) is 3.81. The highest BCUT2D eigenvalue weighted by molar-refractivity contribution is 5.59. The summed E-state index contributed by atoms with van der Waals surface area (Å²) in [6, 6.07) is 3.65. The standard InChI is InChI=1S/C14H18N4O2/c1-19-11-10(6-5-9-16-11)12-17-13(18-20-12)14(15)7-3-2-4-8-14/h5-6,9H,2-4,7-8,15H2,1H3. The Bertz CT molecular complexity index is 590. The molecule has 20 heavy (non-hydrogen) atoms. The normalized spacial score (nSPS) is 17.9. The van der Waals surface area contributed by atoms with Crippen molar-refractivity contribution in [1.29, 1.82) is 0 Å². The zero-order valence-electron chi connectivity index (χ0n) is 11.5. The Labute approximate surface area is 117 Å². The fraction of sp³-hybridized carbons (Fsp3) is 0.500. The molecular weight excluding hydrogens is 256 g/mol. The number of hydrogen-bond acceptors (Lipinski definition) is 6. The fourth-order valence-corrected chi connectivity index (χ4v) is 2.66. The Morgan fingerprint density at radius 2 is 2.10 bits per heavy atom. The smallest absolute Gasteiger partial charge is 0.263 e. The second kappa shape index (κ2) is 5.20. The Morgan fingerprint density at radius 3 is 2.85 bits per heavy atom. The molecule has 0 bridgehead atoms. The van der Waals surface area contributed by atoms with Crippen LogP contribution in [0.25, 0.3) is 11.5 Å². The molecule has 0 amide bonds. The summed E-state index contributed by atoms with van der Waals surface area (Å²) in [6.07, 6.45) is 6.89. The topological polar surface area (TPSA) is 87.1 Å². The lowest BCUT2D eigenvalue weighted by Gasteiger charge is -2.29. The predicted molar refractivity (Wildman–Crippen MR) is 73.0 cm³/mol. The van der Waals surface area contributed by atoms with Gasteiger partial charge < -0.3 is 15.0 Å². The SMILES string of the molecule is COc1ncccc1-c1nc(C2(N)CCCCC2)no1. The van der Waals surface area contributed by atoms with Gasteiger partial charge in [0, 0.05) is 6.20 Å². The second-order valence-electron chi connectivity index (χ2n) is 5.20. The molecule has 6 nitrogen and oxygen atoms in total. The highest BCUT2D eigenvalue weighted by Gasteiger charge is 2.34. The van der Waals surface area contributed by atoms with Gasteiger partial charge in [-0.25, -0.2) is 4.98 Å². The molecule has 0 aromatic carbocycles. The van der Waals surface area contributed by atoms with Crippen molar-refractivity contribution >= 4 is 0 Å². The van der Waals surface area contributed by atoms with E-state index in [4.69, 9.17) is 15.0 Å². The van der Waals surface area contributed by atoms with Gasteiger partial charge in [-0.3, -0.25) is 0 Å². The highest BCUT2D eigenvalue weighted by Crippen LogP contribution is 2.35. The van der Waals surface area contributed by atoms with E-state index in [0.717, 1.165) is 25.7 Å². The van der Waals surface area contributed by atoms with Gasteiger partial charge >= 0.3 is 0 Å². The van der Waals surface area contributed by atoms with Crippen molar-refractivity contribution in [3.05, 3.63) is 24.2 Å². The third-order valence-electron chi connectivity index (χ3n) is 3.81. The maximum atomic E-state index is 6.41. The molecular formula is C14H18N4O2. The fourth-order valence-electron chi connectivity index (χ4n) is 2.66. The second-order valence-corrected chi connectivity index (χ2v) is 5.20. The summed E-state index contributed by atoms with van der Waals surface area (Å²) in [7, 11) is 1.56. The van der Waals surface area contributed by atoms with Crippen LogP contribution in [-0.2, 0) is 5.54 Å². The van der Waals surface area contributed by atoms with Crippen LogP contribution in [0.15, 0.2) is 22.9 Å². The van der Waals surface area contributed by atoms with E-state index in [1.165, 1.54) is 6.42 Å². The van der Waals surface area contributed by atoms with Crippen LogP contribution < -0.4 is 10.5 Å². The van der Waals surface area contributed by atoms with Gasteiger partial charge in [-0.15, -0.1) is 0 Å². The van der Waals surface area contributed by atoms with Crippen LogP contribution in [0.4, 0.5) is 0 Å². The average Bonchev–Trinajstić information content (AvgIpc) is 2.98. The molecule has 0 unspecified atom stereocenters. The molecule has 1 fully saturated rings. The molecule has 2 aromatic heterocycles. The van der Waals surface area contributed by atoms with E-state index in [1.807, 2.05) is 6.07 Å². The van der Waals surface area contributed by atoms with Crippen LogP contribution in [0.2, 0.25) is 0 Å². The van der Waals surface area contributed by atoms with Crippen molar-refractivity contribution in [1.82, 2.24) is 15.1 Å². The summed E-state index contributed by atoms with van der Waals surface area (Å²) in [5.41, 5.74) is 6.64. The number of ether oxygens (including phenoxy) is 1. The number of aromatic nitrogens is 3. The molecule has 0 atom stereocenters. The zero-order chi connectivity index (χ0) is 14.0. The van der Waals surface area contributed by atoms with E-state index in [0.29, 0.717) is 23.2 Å². The Hall–Kier alpha value is -1.95. The first-order chi connectivity index (χ1) is 9.73. The maximum Gasteiger partial charge on any atom is 0.263 e. The van der Waals surface area contributed by atoms with Crippen molar-refractivity contribution in [2.24, 2.45) is 5.73 Å². The lowest BCUT2D eigenvalue weighted by Crippen LogP contribution is -2.39. The summed E-state index contributed by atoms with van der Waals surface area (Å²) in [4.78, 5) is 8.59. The zero-order valence-corrected chi connectivity index (χ0v) is 11.5. The summed E-state index contributed by atoms with van der Waals surface area (Å²) in [5.74, 6) is 1.45. The van der Waals surface area contributed by atoms with E-state index in [2.05, 4.69) is 15.1 Å². The first-order valence-corrected chi connectivity index (χ1v) is 6.85. The number of nitrogens with zero attached hydrogens (tertiary/aromatic N) is 3. The largest absolute Gasteiger partial charge is 0.480 e. The average molecular weight is 274 g/mol. The van der Waals surface area contributed by atoms with E-state index in [1.54, 1.807) is 19.4 Å². The number of hydrogen-bond donors (Lipinski definition) is 1. The minimum Gasteiger partial charge on any atom is -0.480 e. The van der Waals surface area contributed by atoms with Gasteiger partial charge in [-0.2, -0.15) is 4.98 Å². The number of methoxy groups -OCH3 is 1. The molecule has 1 aliphatic rings. The molecule has 0 aliphatic heterocycles. The summed E-state index contributed by atoms with van der Waals surface area (Å²) >= 11 is 0. The number of rotatable bonds is 3. The molecule has 106 valence electrons. The molecule has 0 saturated heterocycles. The van der Waals surface area contributed by atoms with Crippen LogP contribution in [0, 0.1) is 0 Å². The van der Waals surface area contributed by atoms with Crippen LogP contribution in [0.5, 0.6) is 5.88 Å².